The molecule has 4 nitrogen and oxygen atoms in total. The number of aliphatic hydroxyl groups is 1. The summed E-state index contributed by atoms with van der Waals surface area (Å²) in [6.45, 7) is 7.15. The van der Waals surface area contributed by atoms with Gasteiger partial charge in [0.05, 0.1) is 13.2 Å². The zero-order valence-electron chi connectivity index (χ0n) is 10.8. The van der Waals surface area contributed by atoms with Crippen molar-refractivity contribution in [2.75, 3.05) is 33.4 Å². The van der Waals surface area contributed by atoms with Crippen molar-refractivity contribution in [1.82, 2.24) is 10.2 Å². The summed E-state index contributed by atoms with van der Waals surface area (Å²) in [7, 11) is 1.73. The predicted octanol–water partition coefficient (Wildman–Crippen LogP) is 0.456. The molecule has 96 valence electrons. The van der Waals surface area contributed by atoms with E-state index in [0.717, 1.165) is 19.7 Å². The minimum Gasteiger partial charge on any atom is -0.395 e. The third-order valence-corrected chi connectivity index (χ3v) is 3.04. The van der Waals surface area contributed by atoms with Gasteiger partial charge in [0.1, 0.15) is 0 Å². The van der Waals surface area contributed by atoms with E-state index in [-0.39, 0.29) is 12.6 Å². The maximum Gasteiger partial charge on any atom is 0.0597 e. The van der Waals surface area contributed by atoms with Gasteiger partial charge in [-0.05, 0) is 26.7 Å². The zero-order valence-corrected chi connectivity index (χ0v) is 10.8. The molecule has 0 aliphatic heterocycles. The summed E-state index contributed by atoms with van der Waals surface area (Å²) in [6, 6.07) is 1.34. The van der Waals surface area contributed by atoms with Gasteiger partial charge in [-0.3, -0.25) is 4.90 Å². The van der Waals surface area contributed by atoms with Crippen molar-refractivity contribution < 1.29 is 9.84 Å². The minimum absolute atomic E-state index is 0.201. The highest BCUT2D eigenvalue weighted by Gasteiger charge is 2.25. The molecule has 0 spiro atoms. The smallest absolute Gasteiger partial charge is 0.0597 e. The standard InChI is InChI=1S/C12H26N2O2/c1-10(2)14(6-7-16-3)8-12(9-15)13-11-4-5-11/h10-13,15H,4-9H2,1-3H3. The molecule has 1 atom stereocenters. The van der Waals surface area contributed by atoms with Gasteiger partial charge in [-0.25, -0.2) is 0 Å². The van der Waals surface area contributed by atoms with E-state index in [4.69, 9.17) is 4.74 Å². The maximum atomic E-state index is 9.34. The molecule has 1 fully saturated rings. The van der Waals surface area contributed by atoms with E-state index in [1.807, 2.05) is 0 Å². The van der Waals surface area contributed by atoms with E-state index in [1.54, 1.807) is 7.11 Å². The molecule has 16 heavy (non-hydrogen) atoms. The molecule has 0 aromatic carbocycles. The Hall–Kier alpha value is -0.160. The summed E-state index contributed by atoms with van der Waals surface area (Å²) in [6.07, 6.45) is 2.52. The van der Waals surface area contributed by atoms with Crippen LogP contribution in [0.5, 0.6) is 0 Å². The first-order valence-electron chi connectivity index (χ1n) is 6.27. The van der Waals surface area contributed by atoms with Crippen LogP contribution in [0.25, 0.3) is 0 Å². The first-order valence-corrected chi connectivity index (χ1v) is 6.27. The quantitative estimate of drug-likeness (QED) is 0.604. The number of nitrogens with one attached hydrogen (secondary N) is 1. The molecule has 1 rings (SSSR count). The van der Waals surface area contributed by atoms with Gasteiger partial charge in [-0.2, -0.15) is 0 Å². The number of hydrogen-bond acceptors (Lipinski definition) is 4. The molecule has 0 aromatic heterocycles. The zero-order chi connectivity index (χ0) is 12.0. The van der Waals surface area contributed by atoms with E-state index in [2.05, 4.69) is 24.1 Å². The fourth-order valence-corrected chi connectivity index (χ4v) is 1.80. The lowest BCUT2D eigenvalue weighted by molar-refractivity contribution is 0.109. The van der Waals surface area contributed by atoms with Gasteiger partial charge < -0.3 is 15.2 Å². The van der Waals surface area contributed by atoms with Gasteiger partial charge >= 0.3 is 0 Å². The Morgan fingerprint density at radius 3 is 2.56 bits per heavy atom. The lowest BCUT2D eigenvalue weighted by Crippen LogP contribution is -2.47. The van der Waals surface area contributed by atoms with Crippen molar-refractivity contribution >= 4 is 0 Å². The van der Waals surface area contributed by atoms with E-state index in [1.165, 1.54) is 12.8 Å². The van der Waals surface area contributed by atoms with Crippen molar-refractivity contribution in [2.45, 2.75) is 44.8 Å². The van der Waals surface area contributed by atoms with Crippen LogP contribution in [0.4, 0.5) is 0 Å². The highest BCUT2D eigenvalue weighted by Crippen LogP contribution is 2.19. The van der Waals surface area contributed by atoms with Crippen LogP contribution >= 0.6 is 0 Å². The molecule has 0 bridgehead atoms. The Balaban J connectivity index is 2.30. The minimum atomic E-state index is 0.201. The summed E-state index contributed by atoms with van der Waals surface area (Å²) in [5.41, 5.74) is 0. The lowest BCUT2D eigenvalue weighted by Gasteiger charge is -2.30. The van der Waals surface area contributed by atoms with Crippen LogP contribution in [0, 0.1) is 0 Å². The molecule has 1 unspecified atom stereocenters. The highest BCUT2D eigenvalue weighted by atomic mass is 16.5. The summed E-state index contributed by atoms with van der Waals surface area (Å²) >= 11 is 0. The molecule has 0 radical (unpaired) electrons. The second kappa shape index (κ2) is 7.22. The normalized spacial score (nSPS) is 18.4. The number of ether oxygens (including phenoxy) is 1. The Labute approximate surface area is 99.0 Å². The summed E-state index contributed by atoms with van der Waals surface area (Å²) in [4.78, 5) is 2.35. The average molecular weight is 230 g/mol. The van der Waals surface area contributed by atoms with Crippen LogP contribution in [-0.2, 0) is 4.74 Å². The topological polar surface area (TPSA) is 44.7 Å². The van der Waals surface area contributed by atoms with E-state index >= 15 is 0 Å². The highest BCUT2D eigenvalue weighted by molar-refractivity contribution is 4.86. The Morgan fingerprint density at radius 1 is 1.44 bits per heavy atom. The SMILES string of the molecule is COCCN(CC(CO)NC1CC1)C(C)C. The van der Waals surface area contributed by atoms with E-state index in [9.17, 15) is 5.11 Å². The van der Waals surface area contributed by atoms with Gasteiger partial charge in [0.25, 0.3) is 0 Å². The van der Waals surface area contributed by atoms with E-state index < -0.39 is 0 Å². The van der Waals surface area contributed by atoms with Crippen LogP contribution in [0.1, 0.15) is 26.7 Å². The van der Waals surface area contributed by atoms with Crippen molar-refractivity contribution in [3.05, 3.63) is 0 Å². The molecule has 4 heteroatoms. The number of aliphatic hydroxyl groups excluding tert-OH is 1. The van der Waals surface area contributed by atoms with Crippen LogP contribution in [-0.4, -0.2) is 61.5 Å². The van der Waals surface area contributed by atoms with Crippen LogP contribution in [0.15, 0.2) is 0 Å². The van der Waals surface area contributed by atoms with Crippen molar-refractivity contribution in [1.29, 1.82) is 0 Å². The average Bonchev–Trinajstić information content (AvgIpc) is 3.05. The van der Waals surface area contributed by atoms with Crippen molar-refractivity contribution in [2.24, 2.45) is 0 Å². The Kier molecular flexibility index (Phi) is 6.28. The number of rotatable bonds is 9. The number of methoxy groups -OCH3 is 1. The maximum absolute atomic E-state index is 9.34. The predicted molar refractivity (Wildman–Crippen MR) is 65.6 cm³/mol. The van der Waals surface area contributed by atoms with Gasteiger partial charge in [0.2, 0.25) is 0 Å². The third kappa shape index (κ3) is 5.25. The summed E-state index contributed by atoms with van der Waals surface area (Å²) in [5, 5.41) is 12.8. The van der Waals surface area contributed by atoms with Gasteiger partial charge in [-0.15, -0.1) is 0 Å². The summed E-state index contributed by atoms with van der Waals surface area (Å²) < 4.78 is 5.11. The fraction of sp³-hybridized carbons (Fsp3) is 1.00. The van der Waals surface area contributed by atoms with Crippen molar-refractivity contribution in [3.63, 3.8) is 0 Å². The molecule has 0 amide bonds. The van der Waals surface area contributed by atoms with Crippen LogP contribution < -0.4 is 5.32 Å². The number of hydrogen-bond donors (Lipinski definition) is 2. The molecule has 0 heterocycles. The Bertz CT molecular complexity index is 184. The molecule has 1 aliphatic carbocycles. The molecule has 1 aliphatic rings. The third-order valence-electron chi connectivity index (χ3n) is 3.04. The fourth-order valence-electron chi connectivity index (χ4n) is 1.80. The molecular formula is C12H26N2O2. The molecular weight excluding hydrogens is 204 g/mol. The molecule has 0 aromatic rings. The number of nitrogens with zero attached hydrogens (tertiary/aromatic N) is 1. The molecule has 1 saturated carbocycles. The van der Waals surface area contributed by atoms with Crippen molar-refractivity contribution in [3.8, 4) is 0 Å². The second-order valence-corrected chi connectivity index (χ2v) is 4.90. The monoisotopic (exact) mass is 230 g/mol. The van der Waals surface area contributed by atoms with E-state index in [0.29, 0.717) is 12.1 Å². The first kappa shape index (κ1) is 13.9. The van der Waals surface area contributed by atoms with Gasteiger partial charge in [-0.1, -0.05) is 0 Å². The van der Waals surface area contributed by atoms with Gasteiger partial charge in [0, 0.05) is 38.3 Å². The first-order chi connectivity index (χ1) is 7.67. The van der Waals surface area contributed by atoms with Gasteiger partial charge in [0.15, 0.2) is 0 Å². The second-order valence-electron chi connectivity index (χ2n) is 4.90. The van der Waals surface area contributed by atoms with Crippen LogP contribution in [0.2, 0.25) is 0 Å². The largest absolute Gasteiger partial charge is 0.395 e. The molecule has 0 saturated heterocycles. The van der Waals surface area contributed by atoms with Crippen LogP contribution in [0.3, 0.4) is 0 Å². The lowest BCUT2D eigenvalue weighted by atomic mass is 10.2. The molecule has 2 N–H and O–H groups in total. The Morgan fingerprint density at radius 2 is 2.12 bits per heavy atom. The summed E-state index contributed by atoms with van der Waals surface area (Å²) in [5.74, 6) is 0.